The first-order valence-electron chi connectivity index (χ1n) is 10.3. The van der Waals surface area contributed by atoms with Crippen LogP contribution in [0, 0.1) is 5.92 Å². The van der Waals surface area contributed by atoms with Gasteiger partial charge >= 0.3 is 0 Å². The fourth-order valence-electron chi connectivity index (χ4n) is 4.50. The first kappa shape index (κ1) is 18.3. The number of rotatable bonds is 7. The van der Waals surface area contributed by atoms with Gasteiger partial charge in [-0.3, -0.25) is 0 Å². The summed E-state index contributed by atoms with van der Waals surface area (Å²) in [5, 5.41) is 15.9. The maximum atomic E-state index is 11.1. The lowest BCUT2D eigenvalue weighted by atomic mass is 9.89. The summed E-state index contributed by atoms with van der Waals surface area (Å²) in [6, 6.07) is 20.8. The Morgan fingerprint density at radius 1 is 0.926 bits per heavy atom. The SMILES string of the molecule is O[C@@H](CNCC1CCCCC1)[C@@H](c1ccccc1)n1ccc2ccccc21. The van der Waals surface area contributed by atoms with Crippen LogP contribution in [0.3, 0.4) is 0 Å². The fraction of sp³-hybridized carbons (Fsp3) is 0.417. The monoisotopic (exact) mass is 362 g/mol. The summed E-state index contributed by atoms with van der Waals surface area (Å²) in [7, 11) is 0. The highest BCUT2D eigenvalue weighted by atomic mass is 16.3. The van der Waals surface area contributed by atoms with Crippen molar-refractivity contribution in [3.8, 4) is 0 Å². The van der Waals surface area contributed by atoms with Crippen molar-refractivity contribution in [2.75, 3.05) is 13.1 Å². The first-order chi connectivity index (χ1) is 13.3. The molecule has 142 valence electrons. The lowest BCUT2D eigenvalue weighted by molar-refractivity contribution is 0.127. The van der Waals surface area contributed by atoms with E-state index in [0.717, 1.165) is 23.5 Å². The van der Waals surface area contributed by atoms with Crippen LogP contribution in [0.4, 0.5) is 0 Å². The standard InChI is InChI=1S/C24H30N2O/c27-23(18-25-17-19-9-3-1-4-10-19)24(21-12-5-2-6-13-21)26-16-15-20-11-7-8-14-22(20)26/h2,5-8,11-16,19,23-25,27H,1,3-4,9-10,17-18H2/t23-,24+/m0/s1. The van der Waals surface area contributed by atoms with Gasteiger partial charge in [-0.05, 0) is 48.4 Å². The minimum Gasteiger partial charge on any atom is -0.389 e. The topological polar surface area (TPSA) is 37.2 Å². The van der Waals surface area contributed by atoms with Gasteiger partial charge in [-0.25, -0.2) is 0 Å². The molecule has 0 amide bonds. The molecule has 2 N–H and O–H groups in total. The van der Waals surface area contributed by atoms with Crippen LogP contribution in [0.1, 0.15) is 43.7 Å². The van der Waals surface area contributed by atoms with Crippen LogP contribution in [0.2, 0.25) is 0 Å². The number of hydrogen-bond acceptors (Lipinski definition) is 2. The van der Waals surface area contributed by atoms with Crippen LogP contribution >= 0.6 is 0 Å². The van der Waals surface area contributed by atoms with Crippen molar-refractivity contribution < 1.29 is 5.11 Å². The molecule has 1 fully saturated rings. The molecule has 1 aromatic heterocycles. The fourth-order valence-corrected chi connectivity index (χ4v) is 4.50. The van der Waals surface area contributed by atoms with Crippen molar-refractivity contribution >= 4 is 10.9 Å². The molecule has 1 aliphatic carbocycles. The van der Waals surface area contributed by atoms with E-state index < -0.39 is 6.10 Å². The highest BCUT2D eigenvalue weighted by molar-refractivity contribution is 5.80. The summed E-state index contributed by atoms with van der Waals surface area (Å²) in [5.41, 5.74) is 2.31. The van der Waals surface area contributed by atoms with Crippen molar-refractivity contribution in [1.29, 1.82) is 0 Å². The quantitative estimate of drug-likeness (QED) is 0.636. The van der Waals surface area contributed by atoms with Gasteiger partial charge in [-0.2, -0.15) is 0 Å². The second-order valence-electron chi connectivity index (χ2n) is 7.87. The maximum absolute atomic E-state index is 11.1. The van der Waals surface area contributed by atoms with Crippen molar-refractivity contribution in [1.82, 2.24) is 9.88 Å². The van der Waals surface area contributed by atoms with Crippen LogP contribution in [0.25, 0.3) is 10.9 Å². The molecule has 1 aliphatic rings. The zero-order chi connectivity index (χ0) is 18.5. The molecule has 2 atom stereocenters. The lowest BCUT2D eigenvalue weighted by Crippen LogP contribution is -2.37. The predicted octanol–water partition coefficient (Wildman–Crippen LogP) is 4.76. The number of benzene rings is 2. The van der Waals surface area contributed by atoms with Gasteiger partial charge in [0.2, 0.25) is 0 Å². The Kier molecular flexibility index (Phi) is 5.90. The predicted molar refractivity (Wildman–Crippen MR) is 112 cm³/mol. The molecule has 3 nitrogen and oxygen atoms in total. The number of nitrogens with zero attached hydrogens (tertiary/aromatic N) is 1. The number of fused-ring (bicyclic) bond motifs is 1. The van der Waals surface area contributed by atoms with Crippen molar-refractivity contribution in [2.45, 2.75) is 44.2 Å². The largest absolute Gasteiger partial charge is 0.389 e. The van der Waals surface area contributed by atoms with E-state index in [1.807, 2.05) is 6.07 Å². The summed E-state index contributed by atoms with van der Waals surface area (Å²) in [6.07, 6.45) is 8.38. The second kappa shape index (κ2) is 8.73. The Hall–Kier alpha value is -2.10. The zero-order valence-electron chi connectivity index (χ0n) is 15.9. The number of nitrogens with one attached hydrogen (secondary N) is 1. The first-order valence-corrected chi connectivity index (χ1v) is 10.3. The Balaban J connectivity index is 1.53. The minimum absolute atomic E-state index is 0.0926. The molecule has 0 aliphatic heterocycles. The van der Waals surface area contributed by atoms with E-state index in [1.165, 1.54) is 37.5 Å². The molecule has 4 rings (SSSR count). The van der Waals surface area contributed by atoms with Gasteiger partial charge < -0.3 is 15.0 Å². The van der Waals surface area contributed by atoms with Crippen LogP contribution < -0.4 is 5.32 Å². The maximum Gasteiger partial charge on any atom is 0.0912 e. The average molecular weight is 363 g/mol. The number of hydrogen-bond donors (Lipinski definition) is 2. The van der Waals surface area contributed by atoms with Crippen LogP contribution in [-0.4, -0.2) is 28.9 Å². The molecule has 3 heteroatoms. The molecular weight excluding hydrogens is 332 g/mol. The van der Waals surface area contributed by atoms with Gasteiger partial charge in [0.05, 0.1) is 12.1 Å². The third-order valence-electron chi connectivity index (χ3n) is 5.95. The smallest absolute Gasteiger partial charge is 0.0912 e. The molecular formula is C24H30N2O. The van der Waals surface area contributed by atoms with E-state index in [1.54, 1.807) is 0 Å². The van der Waals surface area contributed by atoms with Gasteiger partial charge in [-0.1, -0.05) is 67.8 Å². The molecule has 1 saturated carbocycles. The van der Waals surface area contributed by atoms with Crippen molar-refractivity contribution in [2.24, 2.45) is 5.92 Å². The molecule has 2 aromatic carbocycles. The number of para-hydroxylation sites is 1. The highest BCUT2D eigenvalue weighted by Crippen LogP contribution is 2.28. The van der Waals surface area contributed by atoms with Gasteiger partial charge in [0.1, 0.15) is 0 Å². The minimum atomic E-state index is -0.480. The van der Waals surface area contributed by atoms with Crippen LogP contribution in [0.5, 0.6) is 0 Å². The summed E-state index contributed by atoms with van der Waals surface area (Å²) >= 11 is 0. The van der Waals surface area contributed by atoms with E-state index >= 15 is 0 Å². The van der Waals surface area contributed by atoms with E-state index in [4.69, 9.17) is 0 Å². The highest BCUT2D eigenvalue weighted by Gasteiger charge is 2.24. The van der Waals surface area contributed by atoms with E-state index in [2.05, 4.69) is 70.7 Å². The van der Waals surface area contributed by atoms with Gasteiger partial charge in [-0.15, -0.1) is 0 Å². The molecule has 0 spiro atoms. The second-order valence-corrected chi connectivity index (χ2v) is 7.87. The number of aromatic nitrogens is 1. The normalized spacial score (nSPS) is 17.8. The molecule has 3 aromatic rings. The third-order valence-corrected chi connectivity index (χ3v) is 5.95. The molecule has 0 radical (unpaired) electrons. The Bertz CT molecular complexity index is 836. The molecule has 0 saturated heterocycles. The zero-order valence-corrected chi connectivity index (χ0v) is 15.9. The third kappa shape index (κ3) is 4.26. The van der Waals surface area contributed by atoms with Gasteiger partial charge in [0.25, 0.3) is 0 Å². The van der Waals surface area contributed by atoms with Gasteiger partial charge in [0.15, 0.2) is 0 Å². The molecule has 1 heterocycles. The van der Waals surface area contributed by atoms with Crippen LogP contribution in [-0.2, 0) is 0 Å². The summed E-state index contributed by atoms with van der Waals surface area (Å²) < 4.78 is 2.22. The van der Waals surface area contributed by atoms with Gasteiger partial charge in [0, 0.05) is 18.3 Å². The number of aliphatic hydroxyl groups excluding tert-OH is 1. The molecule has 0 unspecified atom stereocenters. The van der Waals surface area contributed by atoms with Crippen LogP contribution in [0.15, 0.2) is 66.9 Å². The Morgan fingerprint density at radius 3 is 2.48 bits per heavy atom. The lowest BCUT2D eigenvalue weighted by Gasteiger charge is -2.28. The molecule has 0 bridgehead atoms. The van der Waals surface area contributed by atoms with Crippen molar-refractivity contribution in [3.63, 3.8) is 0 Å². The summed E-state index contributed by atoms with van der Waals surface area (Å²) in [6.45, 7) is 1.63. The number of aliphatic hydroxyl groups is 1. The van der Waals surface area contributed by atoms with E-state index in [0.29, 0.717) is 6.54 Å². The van der Waals surface area contributed by atoms with E-state index in [9.17, 15) is 5.11 Å². The Labute approximate surface area is 162 Å². The molecule has 27 heavy (non-hydrogen) atoms. The Morgan fingerprint density at radius 2 is 1.67 bits per heavy atom. The summed E-state index contributed by atoms with van der Waals surface area (Å²) in [4.78, 5) is 0. The van der Waals surface area contributed by atoms with Crippen molar-refractivity contribution in [3.05, 3.63) is 72.4 Å². The average Bonchev–Trinajstić information content (AvgIpc) is 3.14. The van der Waals surface area contributed by atoms with E-state index in [-0.39, 0.29) is 6.04 Å². The summed E-state index contributed by atoms with van der Waals surface area (Å²) in [5.74, 6) is 0.772.